The van der Waals surface area contributed by atoms with Gasteiger partial charge < -0.3 is 5.73 Å². The smallest absolute Gasteiger partial charge is 0.195 e. The fraction of sp³-hybridized carbons (Fsp3) is 0.412. The predicted molar refractivity (Wildman–Crippen MR) is 89.8 cm³/mol. The standard InChI is InChI=1S/C17H21FN6/c1-17(21)22-16(12-5-6-13(10-19)14(18)9-12)15(20)11-24(17)23-7-3-2-4-8-23/h5-6,9,11H,2-4,7-8,20-21H2,1H3. The summed E-state index contributed by atoms with van der Waals surface area (Å²) in [5.41, 5.74) is 13.9. The molecule has 0 amide bonds. The van der Waals surface area contributed by atoms with Crippen molar-refractivity contribution in [3.05, 3.63) is 47.0 Å². The van der Waals surface area contributed by atoms with Gasteiger partial charge in [0.25, 0.3) is 0 Å². The number of hydrogen-bond donors (Lipinski definition) is 2. The van der Waals surface area contributed by atoms with E-state index in [9.17, 15) is 4.39 Å². The molecule has 6 nitrogen and oxygen atoms in total. The number of nitrogens with zero attached hydrogens (tertiary/aromatic N) is 4. The van der Waals surface area contributed by atoms with E-state index in [1.165, 1.54) is 18.6 Å². The Morgan fingerprint density at radius 2 is 2.00 bits per heavy atom. The maximum atomic E-state index is 13.9. The number of benzene rings is 1. The molecule has 0 aliphatic carbocycles. The monoisotopic (exact) mass is 328 g/mol. The Kier molecular flexibility index (Phi) is 4.26. The summed E-state index contributed by atoms with van der Waals surface area (Å²) in [6.45, 7) is 3.62. The largest absolute Gasteiger partial charge is 0.396 e. The van der Waals surface area contributed by atoms with E-state index in [2.05, 4.69) is 10.0 Å². The van der Waals surface area contributed by atoms with Crippen LogP contribution in [0.2, 0.25) is 0 Å². The van der Waals surface area contributed by atoms with Crippen molar-refractivity contribution in [1.82, 2.24) is 10.0 Å². The van der Waals surface area contributed by atoms with E-state index < -0.39 is 11.6 Å². The third kappa shape index (κ3) is 2.98. The number of rotatable bonds is 2. The van der Waals surface area contributed by atoms with Gasteiger partial charge in [-0.2, -0.15) is 5.26 Å². The highest BCUT2D eigenvalue weighted by atomic mass is 19.1. The molecule has 7 heteroatoms. The highest BCUT2D eigenvalue weighted by molar-refractivity contribution is 6.12. The summed E-state index contributed by atoms with van der Waals surface area (Å²) in [5, 5.41) is 12.9. The van der Waals surface area contributed by atoms with Crippen LogP contribution >= 0.6 is 0 Å². The topological polar surface area (TPSA) is 94.7 Å². The zero-order valence-electron chi connectivity index (χ0n) is 13.7. The highest BCUT2D eigenvalue weighted by Gasteiger charge is 2.35. The normalized spacial score (nSPS) is 25.0. The second kappa shape index (κ2) is 6.23. The Morgan fingerprint density at radius 1 is 1.29 bits per heavy atom. The molecule has 0 radical (unpaired) electrons. The second-order valence-electron chi connectivity index (χ2n) is 6.30. The van der Waals surface area contributed by atoms with Crippen LogP contribution in [0.4, 0.5) is 4.39 Å². The number of halogens is 1. The molecule has 3 rings (SSSR count). The minimum absolute atomic E-state index is 0.0110. The first kappa shape index (κ1) is 16.4. The van der Waals surface area contributed by atoms with Gasteiger partial charge in [0.2, 0.25) is 0 Å². The molecule has 1 saturated heterocycles. The van der Waals surface area contributed by atoms with E-state index in [-0.39, 0.29) is 5.56 Å². The maximum Gasteiger partial charge on any atom is 0.195 e. The zero-order chi connectivity index (χ0) is 17.3. The van der Waals surface area contributed by atoms with Gasteiger partial charge in [0.1, 0.15) is 11.9 Å². The van der Waals surface area contributed by atoms with Crippen molar-refractivity contribution in [2.24, 2.45) is 16.5 Å². The van der Waals surface area contributed by atoms with Gasteiger partial charge in [-0.05, 0) is 31.9 Å². The lowest BCUT2D eigenvalue weighted by atomic mass is 10.0. The van der Waals surface area contributed by atoms with E-state index in [4.69, 9.17) is 16.7 Å². The highest BCUT2D eigenvalue weighted by Crippen LogP contribution is 2.26. The molecule has 0 aromatic heterocycles. The predicted octanol–water partition coefficient (Wildman–Crippen LogP) is 1.64. The number of hydrogen-bond acceptors (Lipinski definition) is 6. The molecule has 1 aromatic carbocycles. The molecule has 2 heterocycles. The van der Waals surface area contributed by atoms with Crippen molar-refractivity contribution >= 4 is 5.71 Å². The second-order valence-corrected chi connectivity index (χ2v) is 6.30. The average Bonchev–Trinajstić information content (AvgIpc) is 2.57. The molecule has 2 aliphatic heterocycles. The first-order valence-electron chi connectivity index (χ1n) is 8.03. The quantitative estimate of drug-likeness (QED) is 0.860. The molecule has 1 fully saturated rings. The first-order chi connectivity index (χ1) is 11.4. The van der Waals surface area contributed by atoms with Gasteiger partial charge in [-0.1, -0.05) is 12.5 Å². The summed E-state index contributed by atoms with van der Waals surface area (Å²) in [6.07, 6.45) is 5.20. The van der Waals surface area contributed by atoms with Gasteiger partial charge in [-0.25, -0.2) is 14.4 Å². The molecule has 0 spiro atoms. The Morgan fingerprint density at radius 3 is 2.62 bits per heavy atom. The molecule has 24 heavy (non-hydrogen) atoms. The van der Waals surface area contributed by atoms with Crippen LogP contribution in [0.25, 0.3) is 0 Å². The van der Waals surface area contributed by atoms with Gasteiger partial charge in [-0.15, -0.1) is 0 Å². The average molecular weight is 328 g/mol. The first-order valence-corrected chi connectivity index (χ1v) is 8.03. The third-order valence-corrected chi connectivity index (χ3v) is 4.34. The summed E-state index contributed by atoms with van der Waals surface area (Å²) in [6, 6.07) is 6.13. The molecular weight excluding hydrogens is 307 g/mol. The van der Waals surface area contributed by atoms with Gasteiger partial charge in [-0.3, -0.25) is 10.7 Å². The van der Waals surface area contributed by atoms with Gasteiger partial charge in [0.05, 0.1) is 17.0 Å². The van der Waals surface area contributed by atoms with Crippen LogP contribution in [0.1, 0.15) is 37.3 Å². The van der Waals surface area contributed by atoms with Crippen LogP contribution in [-0.4, -0.2) is 34.6 Å². The summed E-state index contributed by atoms with van der Waals surface area (Å²) < 4.78 is 13.9. The van der Waals surface area contributed by atoms with E-state index >= 15 is 0 Å². The Bertz CT molecular complexity index is 740. The molecule has 126 valence electrons. The number of allylic oxidation sites excluding steroid dienone is 1. The van der Waals surface area contributed by atoms with Crippen molar-refractivity contribution in [2.45, 2.75) is 32.0 Å². The minimum Gasteiger partial charge on any atom is -0.396 e. The molecule has 0 saturated carbocycles. The number of nitrogens with two attached hydrogens (primary N) is 2. The number of aliphatic imine (C=N–C) groups is 1. The van der Waals surface area contributed by atoms with Gasteiger partial charge in [0.15, 0.2) is 5.79 Å². The van der Waals surface area contributed by atoms with E-state index in [1.807, 2.05) is 5.01 Å². The lowest BCUT2D eigenvalue weighted by molar-refractivity contribution is -0.0697. The van der Waals surface area contributed by atoms with Crippen molar-refractivity contribution in [3.8, 4) is 6.07 Å². The molecule has 0 bridgehead atoms. The van der Waals surface area contributed by atoms with E-state index in [0.717, 1.165) is 25.9 Å². The summed E-state index contributed by atoms with van der Waals surface area (Å²) in [4.78, 5) is 4.55. The van der Waals surface area contributed by atoms with E-state index in [0.29, 0.717) is 17.0 Å². The molecule has 1 unspecified atom stereocenters. The van der Waals surface area contributed by atoms with Gasteiger partial charge >= 0.3 is 0 Å². The number of hydrazine groups is 1. The molecule has 2 aliphatic rings. The number of nitriles is 1. The van der Waals surface area contributed by atoms with Crippen LogP contribution in [0.15, 0.2) is 35.1 Å². The van der Waals surface area contributed by atoms with Crippen LogP contribution in [0.3, 0.4) is 0 Å². The summed E-state index contributed by atoms with van der Waals surface area (Å²) in [5.74, 6) is -1.59. The van der Waals surface area contributed by atoms with E-state index in [1.54, 1.807) is 25.3 Å². The SMILES string of the molecule is CC1(N)N=C(c2ccc(C#N)c(F)c2)C(N)=CN1N1CCCCC1. The maximum absolute atomic E-state index is 13.9. The van der Waals surface area contributed by atoms with Crippen molar-refractivity contribution in [1.29, 1.82) is 5.26 Å². The molecule has 1 aromatic rings. The zero-order valence-corrected chi connectivity index (χ0v) is 13.7. The molecular formula is C17H21FN6. The minimum atomic E-state index is -1.00. The summed E-state index contributed by atoms with van der Waals surface area (Å²) >= 11 is 0. The Labute approximate surface area is 140 Å². The lowest BCUT2D eigenvalue weighted by Gasteiger charge is -2.46. The molecule has 4 N–H and O–H groups in total. The molecule has 1 atom stereocenters. The van der Waals surface area contributed by atoms with Crippen LogP contribution in [0, 0.1) is 17.1 Å². The fourth-order valence-electron chi connectivity index (χ4n) is 3.11. The fourth-order valence-corrected chi connectivity index (χ4v) is 3.11. The van der Waals surface area contributed by atoms with Crippen LogP contribution < -0.4 is 11.5 Å². The third-order valence-electron chi connectivity index (χ3n) is 4.34. The van der Waals surface area contributed by atoms with Gasteiger partial charge in [0, 0.05) is 24.9 Å². The lowest BCUT2D eigenvalue weighted by Crippen LogP contribution is -2.60. The van der Waals surface area contributed by atoms with Crippen molar-refractivity contribution in [2.75, 3.05) is 13.1 Å². The summed E-state index contributed by atoms with van der Waals surface area (Å²) in [7, 11) is 0. The van der Waals surface area contributed by atoms with Crippen molar-refractivity contribution in [3.63, 3.8) is 0 Å². The van der Waals surface area contributed by atoms with Crippen LogP contribution in [0.5, 0.6) is 0 Å². The Hall–Kier alpha value is -2.43. The van der Waals surface area contributed by atoms with Crippen LogP contribution in [-0.2, 0) is 0 Å². The Balaban J connectivity index is 1.94. The van der Waals surface area contributed by atoms with Crippen molar-refractivity contribution < 1.29 is 4.39 Å². The number of piperidine rings is 1.